The van der Waals surface area contributed by atoms with Crippen molar-refractivity contribution in [3.8, 4) is 17.6 Å². The minimum Gasteiger partial charge on any atom is -0.493 e. The van der Waals surface area contributed by atoms with Crippen molar-refractivity contribution < 1.29 is 28.9 Å². The van der Waals surface area contributed by atoms with Gasteiger partial charge in [-0.15, -0.1) is 0 Å². The van der Waals surface area contributed by atoms with E-state index in [1.807, 2.05) is 13.0 Å². The highest BCUT2D eigenvalue weighted by Crippen LogP contribution is 2.37. The number of ether oxygens (including phenoxy) is 3. The van der Waals surface area contributed by atoms with Crippen LogP contribution in [0.25, 0.3) is 0 Å². The second-order valence-corrected chi connectivity index (χ2v) is 5.72. The van der Waals surface area contributed by atoms with E-state index in [9.17, 15) is 20.0 Å². The van der Waals surface area contributed by atoms with E-state index in [-0.39, 0.29) is 12.5 Å². The van der Waals surface area contributed by atoms with Gasteiger partial charge >= 0.3 is 11.9 Å². The van der Waals surface area contributed by atoms with Crippen LogP contribution in [0.3, 0.4) is 0 Å². The van der Waals surface area contributed by atoms with Crippen LogP contribution in [0.1, 0.15) is 38.7 Å². The summed E-state index contributed by atoms with van der Waals surface area (Å²) in [7, 11) is 2.90. The summed E-state index contributed by atoms with van der Waals surface area (Å²) in [6.07, 6.45) is -0.579. The van der Waals surface area contributed by atoms with Crippen LogP contribution in [-0.2, 0) is 19.7 Å². The van der Waals surface area contributed by atoms with Crippen LogP contribution < -0.4 is 9.47 Å². The average molecular weight is 349 g/mol. The van der Waals surface area contributed by atoms with Crippen LogP contribution in [0, 0.1) is 11.3 Å². The minimum absolute atomic E-state index is 0.306. The Morgan fingerprint density at radius 3 is 2.36 bits per heavy atom. The molecule has 0 saturated carbocycles. The van der Waals surface area contributed by atoms with Gasteiger partial charge in [-0.3, -0.25) is 9.59 Å². The molecule has 2 atom stereocenters. The molecular formula is C18H23NO6. The fraction of sp³-hybridized carbons (Fsp3) is 0.500. The quantitative estimate of drug-likeness (QED) is 0.683. The van der Waals surface area contributed by atoms with Gasteiger partial charge in [0.25, 0.3) is 0 Å². The smallest absolute Gasteiger partial charge is 0.308 e. The molecule has 25 heavy (non-hydrogen) atoms. The van der Waals surface area contributed by atoms with Gasteiger partial charge in [0.1, 0.15) is 5.41 Å². The van der Waals surface area contributed by atoms with Crippen molar-refractivity contribution in [2.45, 2.75) is 44.6 Å². The molecule has 2 unspecified atom stereocenters. The second-order valence-electron chi connectivity index (χ2n) is 5.72. The molecule has 1 aromatic carbocycles. The van der Waals surface area contributed by atoms with Crippen molar-refractivity contribution in [2.75, 3.05) is 14.2 Å². The fourth-order valence-electron chi connectivity index (χ4n) is 2.40. The highest BCUT2D eigenvalue weighted by molar-refractivity contribution is 5.77. The lowest BCUT2D eigenvalue weighted by molar-refractivity contribution is -0.149. The number of carbonyl (C=O) groups is 2. The zero-order valence-corrected chi connectivity index (χ0v) is 14.9. The summed E-state index contributed by atoms with van der Waals surface area (Å²) >= 11 is 0. The van der Waals surface area contributed by atoms with Gasteiger partial charge in [0.15, 0.2) is 11.5 Å². The average Bonchev–Trinajstić information content (AvgIpc) is 2.59. The van der Waals surface area contributed by atoms with Gasteiger partial charge in [-0.05, 0) is 31.0 Å². The number of hydrogen-bond donors (Lipinski definition) is 1. The molecule has 7 heteroatoms. The molecule has 0 aliphatic rings. The Hall–Kier alpha value is -2.75. The summed E-state index contributed by atoms with van der Waals surface area (Å²) in [6.45, 7) is 3.60. The molecule has 0 fully saturated rings. The highest BCUT2D eigenvalue weighted by Gasteiger charge is 2.39. The lowest BCUT2D eigenvalue weighted by Crippen LogP contribution is -2.32. The first-order valence-electron chi connectivity index (χ1n) is 7.86. The first-order chi connectivity index (χ1) is 11.8. The maximum absolute atomic E-state index is 12.2. The summed E-state index contributed by atoms with van der Waals surface area (Å²) in [5.41, 5.74) is -1.20. The molecule has 0 radical (unpaired) electrons. The third-order valence-corrected chi connectivity index (χ3v) is 3.96. The molecule has 0 saturated heterocycles. The van der Waals surface area contributed by atoms with Gasteiger partial charge in [0.05, 0.1) is 39.2 Å². The molecule has 136 valence electrons. The van der Waals surface area contributed by atoms with E-state index >= 15 is 0 Å². The number of rotatable bonds is 9. The number of benzene rings is 1. The van der Waals surface area contributed by atoms with Crippen LogP contribution in [-0.4, -0.2) is 37.4 Å². The Morgan fingerprint density at radius 2 is 1.88 bits per heavy atom. The van der Waals surface area contributed by atoms with E-state index in [0.29, 0.717) is 23.5 Å². The Balaban J connectivity index is 3.30. The molecule has 0 bridgehead atoms. The Kier molecular flexibility index (Phi) is 7.24. The third kappa shape index (κ3) is 5.11. The Bertz CT molecular complexity index is 666. The topological polar surface area (TPSA) is 106 Å². The van der Waals surface area contributed by atoms with Crippen molar-refractivity contribution in [2.24, 2.45) is 0 Å². The van der Waals surface area contributed by atoms with Gasteiger partial charge in [-0.1, -0.05) is 13.0 Å². The first-order valence-corrected chi connectivity index (χ1v) is 7.86. The molecule has 1 N–H and O–H groups in total. The maximum atomic E-state index is 12.2. The summed E-state index contributed by atoms with van der Waals surface area (Å²) in [6, 6.07) is 6.64. The molecule has 0 amide bonds. The fourth-order valence-corrected chi connectivity index (χ4v) is 2.40. The lowest BCUT2D eigenvalue weighted by atomic mass is 9.76. The van der Waals surface area contributed by atoms with Crippen molar-refractivity contribution in [3.63, 3.8) is 0 Å². The normalized spacial score (nSPS) is 13.9. The Labute approximate surface area is 147 Å². The molecule has 0 aliphatic carbocycles. The first kappa shape index (κ1) is 20.3. The lowest BCUT2D eigenvalue weighted by Gasteiger charge is -2.26. The zero-order valence-electron chi connectivity index (χ0n) is 14.9. The van der Waals surface area contributed by atoms with Crippen LogP contribution in [0.4, 0.5) is 0 Å². The predicted molar refractivity (Wildman–Crippen MR) is 89.6 cm³/mol. The van der Waals surface area contributed by atoms with Gasteiger partial charge in [-0.2, -0.15) is 5.26 Å². The highest BCUT2D eigenvalue weighted by atomic mass is 16.5. The van der Waals surface area contributed by atoms with E-state index in [4.69, 9.17) is 14.2 Å². The molecule has 1 aromatic rings. The largest absolute Gasteiger partial charge is 0.493 e. The van der Waals surface area contributed by atoms with E-state index in [1.165, 1.54) is 20.3 Å². The van der Waals surface area contributed by atoms with E-state index < -0.39 is 23.8 Å². The van der Waals surface area contributed by atoms with Crippen LogP contribution in [0.2, 0.25) is 0 Å². The van der Waals surface area contributed by atoms with Gasteiger partial charge in [0, 0.05) is 0 Å². The maximum Gasteiger partial charge on any atom is 0.308 e. The molecule has 0 aliphatic heterocycles. The number of carbonyl (C=O) groups excluding carboxylic acids is 1. The summed E-state index contributed by atoms with van der Waals surface area (Å²) in [5.74, 6) is -1.02. The van der Waals surface area contributed by atoms with Crippen LogP contribution >= 0.6 is 0 Å². The molecular weight excluding hydrogens is 326 g/mol. The predicted octanol–water partition coefficient (Wildman–Crippen LogP) is 2.67. The van der Waals surface area contributed by atoms with E-state index in [0.717, 1.165) is 0 Å². The van der Waals surface area contributed by atoms with E-state index in [1.54, 1.807) is 19.1 Å². The van der Waals surface area contributed by atoms with E-state index in [2.05, 4.69) is 0 Å². The number of aliphatic carboxylic acids is 1. The zero-order chi connectivity index (χ0) is 19.0. The second kappa shape index (κ2) is 8.92. The van der Waals surface area contributed by atoms with Crippen LogP contribution in [0.5, 0.6) is 11.5 Å². The van der Waals surface area contributed by atoms with Crippen molar-refractivity contribution in [3.05, 3.63) is 23.8 Å². The Morgan fingerprint density at radius 1 is 1.24 bits per heavy atom. The molecule has 0 heterocycles. The summed E-state index contributed by atoms with van der Waals surface area (Å²) in [5, 5.41) is 19.0. The minimum atomic E-state index is -1.56. The van der Waals surface area contributed by atoms with Gasteiger partial charge < -0.3 is 19.3 Å². The molecule has 1 rings (SSSR count). The van der Waals surface area contributed by atoms with Crippen molar-refractivity contribution >= 4 is 11.9 Å². The number of nitrogens with zero attached hydrogens (tertiary/aromatic N) is 1. The van der Waals surface area contributed by atoms with Crippen LogP contribution in [0.15, 0.2) is 18.2 Å². The van der Waals surface area contributed by atoms with Crippen molar-refractivity contribution in [1.29, 1.82) is 5.26 Å². The molecule has 0 spiro atoms. The number of esters is 1. The molecule has 0 aromatic heterocycles. The standard InChI is InChI=1S/C18H23NO6/c1-5-12(2)25-17(22)10-18(11-19,9-16(20)21)13-6-7-14(23-3)15(8-13)24-4/h6-8,12H,5,9-10H2,1-4H3,(H,20,21). The number of methoxy groups -OCH3 is 2. The number of carboxylic acids is 1. The van der Waals surface area contributed by atoms with Crippen molar-refractivity contribution in [1.82, 2.24) is 0 Å². The summed E-state index contributed by atoms with van der Waals surface area (Å²) < 4.78 is 15.6. The number of nitriles is 1. The SMILES string of the molecule is CCC(C)OC(=O)CC(C#N)(CC(=O)O)c1ccc(OC)c(OC)c1. The third-order valence-electron chi connectivity index (χ3n) is 3.96. The summed E-state index contributed by atoms with van der Waals surface area (Å²) in [4.78, 5) is 23.5. The number of hydrogen-bond acceptors (Lipinski definition) is 6. The van der Waals surface area contributed by atoms with Gasteiger partial charge in [-0.25, -0.2) is 0 Å². The van der Waals surface area contributed by atoms with Gasteiger partial charge in [0.2, 0.25) is 0 Å². The molecule has 7 nitrogen and oxygen atoms in total. The monoisotopic (exact) mass is 349 g/mol. The number of carboxylic acid groups (broad SMARTS) is 1.